The van der Waals surface area contributed by atoms with Gasteiger partial charge in [0.05, 0.1) is 0 Å². The molecule has 2 heterocycles. The molecule has 3 rings (SSSR count). The van der Waals surface area contributed by atoms with Gasteiger partial charge < -0.3 is 19.3 Å². The van der Waals surface area contributed by atoms with Crippen LogP contribution in [0.2, 0.25) is 0 Å². The number of allylic oxidation sites excluding steroid dienone is 1. The summed E-state index contributed by atoms with van der Waals surface area (Å²) in [5.74, 6) is 0.391. The monoisotopic (exact) mass is 378 g/mol. The Bertz CT molecular complexity index is 561. The summed E-state index contributed by atoms with van der Waals surface area (Å²) in [5.41, 5.74) is 8.13. The fourth-order valence-corrected chi connectivity index (χ4v) is 4.61. The van der Waals surface area contributed by atoms with Gasteiger partial charge in [0.25, 0.3) is 0 Å². The van der Waals surface area contributed by atoms with Crippen LogP contribution in [0.4, 0.5) is 0 Å². The first-order chi connectivity index (χ1) is 12.9. The molecular weight excluding hydrogens is 340 g/mol. The van der Waals surface area contributed by atoms with Gasteiger partial charge >= 0.3 is 0 Å². The van der Waals surface area contributed by atoms with Crippen LogP contribution >= 0.6 is 0 Å². The number of nitrogens with zero attached hydrogens (tertiary/aromatic N) is 3. The molecule has 0 aromatic heterocycles. The summed E-state index contributed by atoms with van der Waals surface area (Å²) in [6.45, 7) is 11.4. The summed E-state index contributed by atoms with van der Waals surface area (Å²) < 4.78 is 11.3. The highest BCUT2D eigenvalue weighted by atomic mass is 16.5. The Hall–Kier alpha value is -0.920. The predicted octanol–water partition coefficient (Wildman–Crippen LogP) is 1.49. The van der Waals surface area contributed by atoms with Crippen LogP contribution in [-0.4, -0.2) is 93.1 Å². The van der Waals surface area contributed by atoms with Crippen LogP contribution in [0.1, 0.15) is 26.7 Å². The standard InChI is InChI=1S/C21H38N4O2/c1-16(2)18-15-21(22,27-5)20(26-4)14-19(18)25-8-6-17(7-9-25)24-12-10-23(3)11-13-24/h14-17,20H,6-13,22H2,1-5H3. The van der Waals surface area contributed by atoms with Crippen LogP contribution in [0.3, 0.4) is 0 Å². The number of likely N-dealkylation sites (tertiary alicyclic amines) is 1. The third-order valence-electron chi connectivity index (χ3n) is 6.52. The summed E-state index contributed by atoms with van der Waals surface area (Å²) in [4.78, 5) is 7.65. The molecule has 2 aliphatic heterocycles. The second kappa shape index (κ2) is 8.62. The number of piperazine rings is 1. The second-order valence-electron chi connectivity index (χ2n) is 8.58. The molecule has 0 amide bonds. The minimum atomic E-state index is -0.893. The van der Waals surface area contributed by atoms with Gasteiger partial charge in [-0.05, 0) is 43.5 Å². The minimum absolute atomic E-state index is 0.268. The number of hydrogen-bond acceptors (Lipinski definition) is 6. The lowest BCUT2D eigenvalue weighted by Crippen LogP contribution is -2.55. The fraction of sp³-hybridized carbons (Fsp3) is 0.810. The molecule has 0 radical (unpaired) electrons. The van der Waals surface area contributed by atoms with Gasteiger partial charge in [0.2, 0.25) is 0 Å². The van der Waals surface area contributed by atoms with Gasteiger partial charge in [-0.15, -0.1) is 0 Å². The third-order valence-corrected chi connectivity index (χ3v) is 6.52. The van der Waals surface area contributed by atoms with Crippen molar-refractivity contribution in [3.05, 3.63) is 23.4 Å². The zero-order valence-corrected chi connectivity index (χ0v) is 17.8. The van der Waals surface area contributed by atoms with E-state index < -0.39 is 5.72 Å². The Morgan fingerprint density at radius 2 is 1.70 bits per heavy atom. The molecule has 0 bridgehead atoms. The molecule has 2 atom stereocenters. The van der Waals surface area contributed by atoms with E-state index in [1.54, 1.807) is 14.2 Å². The van der Waals surface area contributed by atoms with Crippen LogP contribution < -0.4 is 5.73 Å². The van der Waals surface area contributed by atoms with E-state index in [1.807, 2.05) is 0 Å². The average Bonchev–Trinajstić information content (AvgIpc) is 2.68. The molecule has 6 heteroatoms. The largest absolute Gasteiger partial charge is 0.372 e. The molecule has 0 aromatic rings. The van der Waals surface area contributed by atoms with Crippen molar-refractivity contribution in [2.45, 2.75) is 44.6 Å². The highest BCUT2D eigenvalue weighted by molar-refractivity contribution is 5.40. The van der Waals surface area contributed by atoms with E-state index in [0.717, 1.165) is 19.1 Å². The number of methoxy groups -OCH3 is 2. The number of likely N-dealkylation sites (N-methyl/N-ethyl adjacent to an activating group) is 1. The molecule has 6 nitrogen and oxygen atoms in total. The molecule has 3 aliphatic rings. The van der Waals surface area contributed by atoms with E-state index in [0.29, 0.717) is 5.92 Å². The maximum Gasteiger partial charge on any atom is 0.166 e. The number of ether oxygens (including phenoxy) is 2. The van der Waals surface area contributed by atoms with Crippen LogP contribution in [-0.2, 0) is 9.47 Å². The molecule has 0 spiro atoms. The molecule has 2 N–H and O–H groups in total. The van der Waals surface area contributed by atoms with Crippen LogP contribution in [0.25, 0.3) is 0 Å². The van der Waals surface area contributed by atoms with Crippen LogP contribution in [0.5, 0.6) is 0 Å². The number of piperidine rings is 1. The topological polar surface area (TPSA) is 54.2 Å². The molecule has 2 unspecified atom stereocenters. The van der Waals surface area contributed by atoms with Crippen LogP contribution in [0, 0.1) is 5.92 Å². The molecule has 2 fully saturated rings. The summed E-state index contributed by atoms with van der Waals surface area (Å²) in [5, 5.41) is 0. The summed E-state index contributed by atoms with van der Waals surface area (Å²) in [6, 6.07) is 0.719. The van der Waals surface area contributed by atoms with E-state index >= 15 is 0 Å². The summed E-state index contributed by atoms with van der Waals surface area (Å²) in [7, 11) is 5.58. The van der Waals surface area contributed by atoms with Gasteiger partial charge in [0.15, 0.2) is 5.72 Å². The van der Waals surface area contributed by atoms with Crippen molar-refractivity contribution in [2.75, 3.05) is 60.5 Å². The quantitative estimate of drug-likeness (QED) is 0.732. The second-order valence-corrected chi connectivity index (χ2v) is 8.58. The summed E-state index contributed by atoms with van der Waals surface area (Å²) in [6.07, 6.45) is 6.43. The molecule has 0 aromatic carbocycles. The highest BCUT2D eigenvalue weighted by Crippen LogP contribution is 2.35. The maximum atomic E-state index is 6.47. The fourth-order valence-electron chi connectivity index (χ4n) is 4.61. The number of rotatable bonds is 5. The first-order valence-corrected chi connectivity index (χ1v) is 10.4. The number of hydrogen-bond donors (Lipinski definition) is 1. The Balaban J connectivity index is 1.69. The molecule has 1 aliphatic carbocycles. The number of nitrogens with two attached hydrogens (primary N) is 1. The van der Waals surface area contributed by atoms with Crippen LogP contribution in [0.15, 0.2) is 23.4 Å². The van der Waals surface area contributed by atoms with Gasteiger partial charge in [-0.3, -0.25) is 10.6 Å². The molecular formula is C21H38N4O2. The van der Waals surface area contributed by atoms with Gasteiger partial charge in [-0.25, -0.2) is 0 Å². The lowest BCUT2D eigenvalue weighted by atomic mass is 9.86. The average molecular weight is 379 g/mol. The van der Waals surface area contributed by atoms with Gasteiger partial charge in [0.1, 0.15) is 6.10 Å². The first kappa shape index (κ1) is 20.8. The van der Waals surface area contributed by atoms with E-state index in [1.165, 1.54) is 50.3 Å². The Kier molecular flexibility index (Phi) is 6.64. The molecule has 154 valence electrons. The third kappa shape index (κ3) is 4.40. The smallest absolute Gasteiger partial charge is 0.166 e. The van der Waals surface area contributed by atoms with Crippen molar-refractivity contribution in [3.63, 3.8) is 0 Å². The zero-order valence-electron chi connectivity index (χ0n) is 17.8. The van der Waals surface area contributed by atoms with E-state index in [9.17, 15) is 0 Å². The van der Waals surface area contributed by atoms with E-state index in [4.69, 9.17) is 15.2 Å². The van der Waals surface area contributed by atoms with Crippen molar-refractivity contribution in [2.24, 2.45) is 11.7 Å². The lowest BCUT2D eigenvalue weighted by Gasteiger charge is -2.45. The predicted molar refractivity (Wildman–Crippen MR) is 109 cm³/mol. The normalized spacial score (nSPS) is 32.0. The lowest BCUT2D eigenvalue weighted by molar-refractivity contribution is -0.0649. The van der Waals surface area contributed by atoms with E-state index in [2.05, 4.69) is 47.7 Å². The molecule has 2 saturated heterocycles. The van der Waals surface area contributed by atoms with Gasteiger partial charge in [0, 0.05) is 65.2 Å². The Morgan fingerprint density at radius 1 is 1.07 bits per heavy atom. The zero-order chi connectivity index (χ0) is 19.6. The Labute approximate surface area is 164 Å². The van der Waals surface area contributed by atoms with Crippen molar-refractivity contribution in [1.29, 1.82) is 0 Å². The highest BCUT2D eigenvalue weighted by Gasteiger charge is 2.39. The molecule has 0 saturated carbocycles. The Morgan fingerprint density at radius 3 is 2.22 bits per heavy atom. The maximum absolute atomic E-state index is 6.47. The van der Waals surface area contributed by atoms with Crippen molar-refractivity contribution in [3.8, 4) is 0 Å². The van der Waals surface area contributed by atoms with Gasteiger partial charge in [-0.2, -0.15) is 0 Å². The SMILES string of the molecule is COC1C=C(N2CCC(N3CCN(C)CC3)CC2)C(C(C)C)=CC1(N)OC. The van der Waals surface area contributed by atoms with Crippen molar-refractivity contribution in [1.82, 2.24) is 14.7 Å². The van der Waals surface area contributed by atoms with Gasteiger partial charge in [-0.1, -0.05) is 13.8 Å². The van der Waals surface area contributed by atoms with Crippen molar-refractivity contribution >= 4 is 0 Å². The molecule has 27 heavy (non-hydrogen) atoms. The van der Waals surface area contributed by atoms with Crippen molar-refractivity contribution < 1.29 is 9.47 Å². The first-order valence-electron chi connectivity index (χ1n) is 10.4. The minimum Gasteiger partial charge on any atom is -0.372 e. The van der Waals surface area contributed by atoms with E-state index in [-0.39, 0.29) is 6.10 Å². The summed E-state index contributed by atoms with van der Waals surface area (Å²) >= 11 is 0.